The number of carboxylic acids is 1. The summed E-state index contributed by atoms with van der Waals surface area (Å²) in [5.41, 5.74) is 3.90. The van der Waals surface area contributed by atoms with E-state index in [-0.39, 0.29) is 17.7 Å². The summed E-state index contributed by atoms with van der Waals surface area (Å²) in [5.74, 6) is -1.55. The highest BCUT2D eigenvalue weighted by Gasteiger charge is 2.23. The van der Waals surface area contributed by atoms with Crippen LogP contribution in [0.3, 0.4) is 0 Å². The first-order chi connectivity index (χ1) is 7.52. The maximum absolute atomic E-state index is 12.5. The molecule has 0 aliphatic heterocycles. The molecule has 0 aromatic heterocycles. The fraction of sp³-hybridized carbons (Fsp3) is 0.200. The van der Waals surface area contributed by atoms with E-state index in [0.717, 1.165) is 6.07 Å². The van der Waals surface area contributed by atoms with E-state index in [1.165, 1.54) is 6.07 Å². The number of alkyl halides is 2. The number of rotatable bonds is 3. The standard InChI is InChI=1S/C10H8F2N2O2/c11-9(12)6-2-1-5(3-13)7(4-14)8(6)10(15)16/h1-2,9H,3,13H2,(H,15,16). The van der Waals surface area contributed by atoms with Crippen LogP contribution in [0.4, 0.5) is 8.78 Å². The van der Waals surface area contributed by atoms with Gasteiger partial charge in [-0.05, 0) is 5.56 Å². The molecule has 16 heavy (non-hydrogen) atoms. The molecule has 6 heteroatoms. The highest BCUT2D eigenvalue weighted by Crippen LogP contribution is 2.27. The quantitative estimate of drug-likeness (QED) is 0.820. The molecule has 4 nitrogen and oxygen atoms in total. The molecule has 1 rings (SSSR count). The van der Waals surface area contributed by atoms with E-state index >= 15 is 0 Å². The van der Waals surface area contributed by atoms with Crippen molar-refractivity contribution in [3.63, 3.8) is 0 Å². The molecule has 0 saturated heterocycles. The molecule has 0 heterocycles. The van der Waals surface area contributed by atoms with Crippen molar-refractivity contribution in [2.75, 3.05) is 0 Å². The number of nitrogens with two attached hydrogens (primary N) is 1. The maximum atomic E-state index is 12.5. The summed E-state index contributed by atoms with van der Waals surface area (Å²) in [6.07, 6.45) is -2.94. The average Bonchev–Trinajstić information content (AvgIpc) is 2.26. The number of nitrogens with zero attached hydrogens (tertiary/aromatic N) is 1. The van der Waals surface area contributed by atoms with Crippen LogP contribution in [-0.2, 0) is 6.54 Å². The zero-order valence-corrected chi connectivity index (χ0v) is 8.08. The highest BCUT2D eigenvalue weighted by molar-refractivity contribution is 5.93. The lowest BCUT2D eigenvalue weighted by Crippen LogP contribution is -2.10. The molecular formula is C10H8F2N2O2. The summed E-state index contributed by atoms with van der Waals surface area (Å²) in [7, 11) is 0. The van der Waals surface area contributed by atoms with Crippen molar-refractivity contribution in [3.8, 4) is 6.07 Å². The molecule has 0 aliphatic carbocycles. The monoisotopic (exact) mass is 226 g/mol. The van der Waals surface area contributed by atoms with E-state index in [1.54, 1.807) is 6.07 Å². The van der Waals surface area contributed by atoms with Gasteiger partial charge in [0, 0.05) is 12.1 Å². The summed E-state index contributed by atoms with van der Waals surface area (Å²) in [4.78, 5) is 10.8. The average molecular weight is 226 g/mol. The van der Waals surface area contributed by atoms with Crippen LogP contribution in [0.25, 0.3) is 0 Å². The van der Waals surface area contributed by atoms with E-state index in [4.69, 9.17) is 16.1 Å². The third kappa shape index (κ3) is 1.99. The van der Waals surface area contributed by atoms with E-state index in [2.05, 4.69) is 0 Å². The number of carbonyl (C=O) groups is 1. The summed E-state index contributed by atoms with van der Waals surface area (Å²) in [6, 6.07) is 3.82. The highest BCUT2D eigenvalue weighted by atomic mass is 19.3. The molecule has 0 radical (unpaired) electrons. The van der Waals surface area contributed by atoms with Crippen molar-refractivity contribution in [1.82, 2.24) is 0 Å². The van der Waals surface area contributed by atoms with Gasteiger partial charge in [0.15, 0.2) is 0 Å². The van der Waals surface area contributed by atoms with Crippen molar-refractivity contribution in [2.45, 2.75) is 13.0 Å². The number of nitriles is 1. The van der Waals surface area contributed by atoms with Gasteiger partial charge in [0.1, 0.15) is 6.07 Å². The molecular weight excluding hydrogens is 218 g/mol. The minimum absolute atomic E-state index is 0.0767. The largest absolute Gasteiger partial charge is 0.478 e. The van der Waals surface area contributed by atoms with E-state index in [0.29, 0.717) is 0 Å². The Morgan fingerprint density at radius 1 is 1.56 bits per heavy atom. The Bertz CT molecular complexity index is 467. The molecule has 0 spiro atoms. The number of halogens is 2. The van der Waals surface area contributed by atoms with E-state index in [1.807, 2.05) is 0 Å². The third-order valence-corrected chi connectivity index (χ3v) is 2.10. The Morgan fingerprint density at radius 2 is 2.19 bits per heavy atom. The first-order valence-electron chi connectivity index (χ1n) is 4.30. The van der Waals surface area contributed by atoms with Crippen LogP contribution in [0.2, 0.25) is 0 Å². The first kappa shape index (κ1) is 12.1. The molecule has 0 aliphatic rings. The van der Waals surface area contributed by atoms with Gasteiger partial charge in [-0.15, -0.1) is 0 Å². The lowest BCUT2D eigenvalue weighted by atomic mass is 9.96. The van der Waals surface area contributed by atoms with Crippen molar-refractivity contribution in [3.05, 3.63) is 34.4 Å². The molecule has 0 saturated carbocycles. The normalized spacial score (nSPS) is 10.2. The Labute approximate surface area is 89.9 Å². The fourth-order valence-electron chi connectivity index (χ4n) is 1.37. The SMILES string of the molecule is N#Cc1c(CN)ccc(C(F)F)c1C(=O)O. The minimum Gasteiger partial charge on any atom is -0.478 e. The first-order valence-corrected chi connectivity index (χ1v) is 4.30. The Morgan fingerprint density at radius 3 is 2.56 bits per heavy atom. The number of aromatic carboxylic acids is 1. The second-order valence-corrected chi connectivity index (χ2v) is 2.99. The van der Waals surface area contributed by atoms with Gasteiger partial charge in [0.2, 0.25) is 0 Å². The predicted molar refractivity (Wildman–Crippen MR) is 51.0 cm³/mol. The van der Waals surface area contributed by atoms with Crippen molar-refractivity contribution in [2.24, 2.45) is 5.73 Å². The fourth-order valence-corrected chi connectivity index (χ4v) is 1.37. The van der Waals surface area contributed by atoms with Crippen LogP contribution in [0.5, 0.6) is 0 Å². The maximum Gasteiger partial charge on any atom is 0.337 e. The lowest BCUT2D eigenvalue weighted by Gasteiger charge is -2.09. The van der Waals surface area contributed by atoms with Crippen LogP contribution >= 0.6 is 0 Å². The molecule has 0 unspecified atom stereocenters. The predicted octanol–water partition coefficient (Wildman–Crippen LogP) is 1.65. The van der Waals surface area contributed by atoms with Crippen LogP contribution in [0.1, 0.15) is 33.5 Å². The zero-order chi connectivity index (χ0) is 12.3. The Hall–Kier alpha value is -2.00. The minimum atomic E-state index is -2.94. The van der Waals surface area contributed by atoms with Gasteiger partial charge in [-0.2, -0.15) is 5.26 Å². The van der Waals surface area contributed by atoms with Crippen molar-refractivity contribution >= 4 is 5.97 Å². The molecule has 0 amide bonds. The van der Waals surface area contributed by atoms with Gasteiger partial charge in [-0.3, -0.25) is 0 Å². The van der Waals surface area contributed by atoms with Gasteiger partial charge in [-0.1, -0.05) is 12.1 Å². The number of carboxylic acid groups (broad SMARTS) is 1. The van der Waals surface area contributed by atoms with Crippen molar-refractivity contribution in [1.29, 1.82) is 5.26 Å². The van der Waals surface area contributed by atoms with Crippen LogP contribution in [0, 0.1) is 11.3 Å². The molecule has 1 aromatic carbocycles. The smallest absolute Gasteiger partial charge is 0.337 e. The Kier molecular flexibility index (Phi) is 3.53. The van der Waals surface area contributed by atoms with Crippen LogP contribution in [0.15, 0.2) is 12.1 Å². The summed E-state index contributed by atoms with van der Waals surface area (Å²) in [6.45, 7) is -0.0767. The molecule has 0 atom stereocenters. The van der Waals surface area contributed by atoms with Crippen molar-refractivity contribution < 1.29 is 18.7 Å². The van der Waals surface area contributed by atoms with Crippen LogP contribution < -0.4 is 5.73 Å². The van der Waals surface area contributed by atoms with E-state index in [9.17, 15) is 13.6 Å². The molecule has 0 bridgehead atoms. The van der Waals surface area contributed by atoms with Gasteiger partial charge < -0.3 is 10.8 Å². The lowest BCUT2D eigenvalue weighted by molar-refractivity contribution is 0.0684. The molecule has 3 N–H and O–H groups in total. The molecule has 0 fully saturated rings. The molecule has 1 aromatic rings. The molecule has 84 valence electrons. The topological polar surface area (TPSA) is 87.1 Å². The van der Waals surface area contributed by atoms with Gasteiger partial charge in [0.05, 0.1) is 11.1 Å². The van der Waals surface area contributed by atoms with E-state index < -0.39 is 23.5 Å². The second kappa shape index (κ2) is 4.68. The summed E-state index contributed by atoms with van der Waals surface area (Å²) in [5, 5.41) is 17.6. The number of hydrogen-bond acceptors (Lipinski definition) is 3. The number of benzene rings is 1. The van der Waals surface area contributed by atoms with Gasteiger partial charge in [-0.25, -0.2) is 13.6 Å². The van der Waals surface area contributed by atoms with Crippen LogP contribution in [-0.4, -0.2) is 11.1 Å². The summed E-state index contributed by atoms with van der Waals surface area (Å²) < 4.78 is 25.1. The zero-order valence-electron chi connectivity index (χ0n) is 8.08. The van der Waals surface area contributed by atoms with Gasteiger partial charge in [0.25, 0.3) is 6.43 Å². The Balaban J connectivity index is 3.59. The summed E-state index contributed by atoms with van der Waals surface area (Å²) >= 11 is 0. The second-order valence-electron chi connectivity index (χ2n) is 2.99. The van der Waals surface area contributed by atoms with Gasteiger partial charge >= 0.3 is 5.97 Å². The number of hydrogen-bond donors (Lipinski definition) is 2. The third-order valence-electron chi connectivity index (χ3n) is 2.10.